The van der Waals surface area contributed by atoms with Crippen molar-refractivity contribution in [1.29, 1.82) is 0 Å². The lowest BCUT2D eigenvalue weighted by molar-refractivity contribution is 0.628. The molecule has 112 valence electrons. The highest BCUT2D eigenvalue weighted by Gasteiger charge is 2.12. The molecule has 0 aliphatic carbocycles. The van der Waals surface area contributed by atoms with Crippen molar-refractivity contribution in [1.82, 2.24) is 9.97 Å². The molecule has 1 aromatic heterocycles. The smallest absolute Gasteiger partial charge is 0.161 e. The zero-order valence-corrected chi connectivity index (χ0v) is 13.3. The molecule has 0 atom stereocenters. The molecular formula is C16H19ClFN3. The second kappa shape index (κ2) is 6.85. The van der Waals surface area contributed by atoms with Gasteiger partial charge in [0.25, 0.3) is 0 Å². The second-order valence-electron chi connectivity index (χ2n) is 4.91. The van der Waals surface area contributed by atoms with Crippen LogP contribution < -0.4 is 5.32 Å². The van der Waals surface area contributed by atoms with Gasteiger partial charge in [0.1, 0.15) is 11.6 Å². The predicted octanol–water partition coefficient (Wildman–Crippen LogP) is 4.63. The van der Waals surface area contributed by atoms with Crippen LogP contribution in [0, 0.1) is 12.7 Å². The number of aryl methyl sites for hydroxylation is 1. The summed E-state index contributed by atoms with van der Waals surface area (Å²) in [5.74, 6) is 0.916. The van der Waals surface area contributed by atoms with E-state index < -0.39 is 0 Å². The van der Waals surface area contributed by atoms with Gasteiger partial charge in [0.15, 0.2) is 5.82 Å². The van der Waals surface area contributed by atoms with Crippen molar-refractivity contribution < 1.29 is 4.39 Å². The van der Waals surface area contributed by atoms with Gasteiger partial charge in [-0.2, -0.15) is 0 Å². The molecule has 5 heteroatoms. The van der Waals surface area contributed by atoms with Crippen molar-refractivity contribution in [3.8, 4) is 11.4 Å². The molecule has 0 radical (unpaired) electrons. The molecule has 3 nitrogen and oxygen atoms in total. The van der Waals surface area contributed by atoms with Gasteiger partial charge in [0.05, 0.1) is 0 Å². The number of anilines is 1. The van der Waals surface area contributed by atoms with Crippen LogP contribution in [0.25, 0.3) is 11.4 Å². The third-order valence-corrected chi connectivity index (χ3v) is 3.46. The minimum atomic E-state index is -0.386. The predicted molar refractivity (Wildman–Crippen MR) is 85.3 cm³/mol. The average Bonchev–Trinajstić information content (AvgIpc) is 2.45. The summed E-state index contributed by atoms with van der Waals surface area (Å²) in [6, 6.07) is 4.36. The first kappa shape index (κ1) is 15.7. The summed E-state index contributed by atoms with van der Waals surface area (Å²) in [7, 11) is 0. The van der Waals surface area contributed by atoms with E-state index in [4.69, 9.17) is 11.6 Å². The van der Waals surface area contributed by atoms with Crippen molar-refractivity contribution in [2.24, 2.45) is 0 Å². The topological polar surface area (TPSA) is 37.8 Å². The van der Waals surface area contributed by atoms with Crippen molar-refractivity contribution in [3.63, 3.8) is 0 Å². The lowest BCUT2D eigenvalue weighted by atomic mass is 10.1. The fourth-order valence-corrected chi connectivity index (χ4v) is 2.36. The molecule has 0 unspecified atom stereocenters. The molecule has 1 heterocycles. The molecule has 2 rings (SSSR count). The van der Waals surface area contributed by atoms with Gasteiger partial charge in [-0.25, -0.2) is 14.4 Å². The zero-order valence-electron chi connectivity index (χ0n) is 12.5. The molecule has 0 bridgehead atoms. The van der Waals surface area contributed by atoms with Crippen LogP contribution >= 0.6 is 11.6 Å². The van der Waals surface area contributed by atoms with Crippen LogP contribution in [0.5, 0.6) is 0 Å². The highest BCUT2D eigenvalue weighted by Crippen LogP contribution is 2.25. The Morgan fingerprint density at radius 3 is 2.57 bits per heavy atom. The van der Waals surface area contributed by atoms with Gasteiger partial charge in [-0.3, -0.25) is 0 Å². The van der Waals surface area contributed by atoms with Crippen molar-refractivity contribution in [3.05, 3.63) is 40.3 Å². The number of nitrogens with one attached hydrogen (secondary N) is 1. The van der Waals surface area contributed by atoms with Crippen LogP contribution in [-0.2, 0) is 6.42 Å². The van der Waals surface area contributed by atoms with Crippen LogP contribution in [0.3, 0.4) is 0 Å². The standard InChI is InChI=1S/C16H19ClFN3/c1-4-6-19-15-10(3)14(5-2)20-16(21-15)11-7-12(17)9-13(18)8-11/h7-9H,4-6H2,1-3H3,(H,19,20,21). The van der Waals surface area contributed by atoms with E-state index in [1.807, 2.05) is 13.8 Å². The summed E-state index contributed by atoms with van der Waals surface area (Å²) < 4.78 is 13.5. The van der Waals surface area contributed by atoms with Crippen molar-refractivity contribution in [2.45, 2.75) is 33.6 Å². The van der Waals surface area contributed by atoms with Crippen molar-refractivity contribution in [2.75, 3.05) is 11.9 Å². The number of hydrogen-bond donors (Lipinski definition) is 1. The fourth-order valence-electron chi connectivity index (χ4n) is 2.13. The van der Waals surface area contributed by atoms with E-state index in [-0.39, 0.29) is 5.82 Å². The summed E-state index contributed by atoms with van der Waals surface area (Å²) in [6.07, 6.45) is 1.80. The number of rotatable bonds is 5. The summed E-state index contributed by atoms with van der Waals surface area (Å²) in [6.45, 7) is 6.97. The third-order valence-electron chi connectivity index (χ3n) is 3.24. The number of hydrogen-bond acceptors (Lipinski definition) is 3. The zero-order chi connectivity index (χ0) is 15.4. The Labute approximate surface area is 129 Å². The Hall–Kier alpha value is -1.68. The molecule has 2 aromatic rings. The van der Waals surface area contributed by atoms with Gasteiger partial charge < -0.3 is 5.32 Å². The quantitative estimate of drug-likeness (QED) is 0.875. The molecule has 21 heavy (non-hydrogen) atoms. The Morgan fingerprint density at radius 1 is 1.19 bits per heavy atom. The SMILES string of the molecule is CCCNc1nc(-c2cc(F)cc(Cl)c2)nc(CC)c1C. The molecule has 0 saturated carbocycles. The Balaban J connectivity index is 2.52. The number of halogens is 2. The molecule has 0 amide bonds. The van der Waals surface area contributed by atoms with E-state index in [1.54, 1.807) is 6.07 Å². The van der Waals surface area contributed by atoms with Gasteiger partial charge in [-0.15, -0.1) is 0 Å². The van der Waals surface area contributed by atoms with Gasteiger partial charge in [0.2, 0.25) is 0 Å². The summed E-state index contributed by atoms with van der Waals surface area (Å²) in [5, 5.41) is 3.64. The first-order valence-corrected chi connectivity index (χ1v) is 7.50. The molecule has 1 aromatic carbocycles. The Morgan fingerprint density at radius 2 is 1.95 bits per heavy atom. The molecule has 0 fully saturated rings. The largest absolute Gasteiger partial charge is 0.370 e. The second-order valence-corrected chi connectivity index (χ2v) is 5.34. The van der Waals surface area contributed by atoms with Gasteiger partial charge >= 0.3 is 0 Å². The van der Waals surface area contributed by atoms with Crippen LogP contribution in [0.2, 0.25) is 5.02 Å². The summed E-state index contributed by atoms with van der Waals surface area (Å²) >= 11 is 5.92. The summed E-state index contributed by atoms with van der Waals surface area (Å²) in [4.78, 5) is 9.06. The molecular weight excluding hydrogens is 289 g/mol. The number of benzene rings is 1. The normalized spacial score (nSPS) is 10.7. The maximum atomic E-state index is 13.5. The average molecular weight is 308 g/mol. The van der Waals surface area contributed by atoms with E-state index in [9.17, 15) is 4.39 Å². The van der Waals surface area contributed by atoms with Gasteiger partial charge in [0, 0.05) is 28.4 Å². The van der Waals surface area contributed by atoms with Crippen LogP contribution in [0.4, 0.5) is 10.2 Å². The lowest BCUT2D eigenvalue weighted by Crippen LogP contribution is -2.08. The monoisotopic (exact) mass is 307 g/mol. The van der Waals surface area contributed by atoms with E-state index in [2.05, 4.69) is 22.2 Å². The Kier molecular flexibility index (Phi) is 5.12. The van der Waals surface area contributed by atoms with E-state index in [0.29, 0.717) is 16.4 Å². The summed E-state index contributed by atoms with van der Waals surface area (Å²) in [5.41, 5.74) is 2.59. The first-order chi connectivity index (χ1) is 10.0. The fraction of sp³-hybridized carbons (Fsp3) is 0.375. The van der Waals surface area contributed by atoms with E-state index >= 15 is 0 Å². The molecule has 0 saturated heterocycles. The Bertz CT molecular complexity index is 623. The van der Waals surface area contributed by atoms with Crippen molar-refractivity contribution >= 4 is 17.4 Å². The maximum absolute atomic E-state index is 13.5. The first-order valence-electron chi connectivity index (χ1n) is 7.13. The van der Waals surface area contributed by atoms with Crippen LogP contribution in [0.1, 0.15) is 31.5 Å². The molecule has 0 aliphatic rings. The highest BCUT2D eigenvalue weighted by atomic mass is 35.5. The van der Waals surface area contributed by atoms with Gasteiger partial charge in [-0.05, 0) is 38.0 Å². The van der Waals surface area contributed by atoms with E-state index in [0.717, 1.165) is 36.5 Å². The molecule has 0 aliphatic heterocycles. The van der Waals surface area contributed by atoms with Crippen LogP contribution in [0.15, 0.2) is 18.2 Å². The minimum absolute atomic E-state index is 0.343. The molecule has 1 N–H and O–H groups in total. The maximum Gasteiger partial charge on any atom is 0.161 e. The van der Waals surface area contributed by atoms with Crippen LogP contribution in [-0.4, -0.2) is 16.5 Å². The van der Waals surface area contributed by atoms with E-state index in [1.165, 1.54) is 12.1 Å². The van der Waals surface area contributed by atoms with Gasteiger partial charge in [-0.1, -0.05) is 25.4 Å². The number of nitrogens with zero attached hydrogens (tertiary/aromatic N) is 2. The molecule has 0 spiro atoms. The minimum Gasteiger partial charge on any atom is -0.370 e. The number of aromatic nitrogens is 2. The lowest BCUT2D eigenvalue weighted by Gasteiger charge is -2.13. The third kappa shape index (κ3) is 3.70. The highest BCUT2D eigenvalue weighted by molar-refractivity contribution is 6.30.